The molecule has 1 heterocycles. The number of hydrogen-bond acceptors (Lipinski definition) is 7. The molecule has 0 radical (unpaired) electrons. The van der Waals surface area contributed by atoms with Gasteiger partial charge in [-0.3, -0.25) is 4.79 Å². The summed E-state index contributed by atoms with van der Waals surface area (Å²) in [5.74, 6) is -0.220. The van der Waals surface area contributed by atoms with Crippen LogP contribution in [0.4, 0.5) is 0 Å². The van der Waals surface area contributed by atoms with E-state index in [0.29, 0.717) is 6.42 Å². The summed E-state index contributed by atoms with van der Waals surface area (Å²) < 4.78 is 31.4. The lowest BCUT2D eigenvalue weighted by Gasteiger charge is -2.49. The average Bonchev–Trinajstić information content (AvgIpc) is 2.87. The molecule has 1 rings (SSSR count). The van der Waals surface area contributed by atoms with Crippen molar-refractivity contribution < 1.29 is 32.7 Å². The molecule has 256 valence electrons. The molecule has 0 spiro atoms. The second-order valence-corrected chi connectivity index (χ2v) is 28.9. The minimum atomic E-state index is -2.04. The Morgan fingerprint density at radius 3 is 1.37 bits per heavy atom. The van der Waals surface area contributed by atoms with Crippen molar-refractivity contribution in [1.29, 1.82) is 0 Å². The van der Waals surface area contributed by atoms with Crippen molar-refractivity contribution in [2.45, 2.75) is 199 Å². The molecule has 0 saturated carbocycles. The van der Waals surface area contributed by atoms with Gasteiger partial charge in [0.2, 0.25) is 0 Å². The summed E-state index contributed by atoms with van der Waals surface area (Å²) in [5, 5.41) is 11.0. The molecule has 1 saturated heterocycles. The highest BCUT2D eigenvalue weighted by Gasteiger charge is 2.51. The van der Waals surface area contributed by atoms with E-state index < -0.39 is 55.7 Å². The van der Waals surface area contributed by atoms with E-state index >= 15 is 0 Å². The van der Waals surface area contributed by atoms with Crippen LogP contribution in [0.1, 0.15) is 110 Å². The molecule has 7 nitrogen and oxygen atoms in total. The minimum absolute atomic E-state index is 0.0367. The number of esters is 1. The fraction of sp³-hybridized carbons (Fsp3) is 0.970. The number of unbranched alkanes of at least 4 members (excludes halogenated alkanes) is 14. The molecule has 5 atom stereocenters. The quantitative estimate of drug-likeness (QED) is 0.0627. The standard InChI is InChI=1S/C33H70O7Si3/c1-11-12-13-14-15-16-17-18-19-20-21-22-23-24-25-26-29(34)36-27-28-30(38-41(2,3)4)31(39-42(5,6)7)32(33(35)37-28)40-43(8,9)10/h28,30-33,35H,11-27H2,1-10H3. The van der Waals surface area contributed by atoms with Crippen molar-refractivity contribution in [2.24, 2.45) is 0 Å². The highest BCUT2D eigenvalue weighted by atomic mass is 28.4. The van der Waals surface area contributed by atoms with Gasteiger partial charge < -0.3 is 27.9 Å². The van der Waals surface area contributed by atoms with E-state index in [-0.39, 0.29) is 12.6 Å². The number of ether oxygens (including phenoxy) is 2. The highest BCUT2D eigenvalue weighted by molar-refractivity contribution is 6.70. The van der Waals surface area contributed by atoms with Crippen LogP contribution in [0, 0.1) is 0 Å². The zero-order valence-corrected chi connectivity index (χ0v) is 32.8. The Kier molecular flexibility index (Phi) is 19.9. The minimum Gasteiger partial charge on any atom is -0.463 e. The Morgan fingerprint density at radius 2 is 0.953 bits per heavy atom. The summed E-state index contributed by atoms with van der Waals surface area (Å²) in [6, 6.07) is 0. The first-order valence-electron chi connectivity index (χ1n) is 17.5. The number of rotatable bonds is 24. The first-order chi connectivity index (χ1) is 20.0. The van der Waals surface area contributed by atoms with Crippen molar-refractivity contribution >= 4 is 30.9 Å². The fourth-order valence-corrected chi connectivity index (χ4v) is 8.80. The number of aliphatic hydroxyl groups excluding tert-OH is 1. The average molecular weight is 663 g/mol. The maximum atomic E-state index is 12.6. The van der Waals surface area contributed by atoms with Gasteiger partial charge in [0.1, 0.15) is 31.0 Å². The molecule has 0 amide bonds. The lowest BCUT2D eigenvalue weighted by atomic mass is 9.99. The normalized spacial score (nSPS) is 23.5. The Morgan fingerprint density at radius 1 is 0.581 bits per heavy atom. The number of hydrogen-bond donors (Lipinski definition) is 1. The zero-order valence-electron chi connectivity index (χ0n) is 29.8. The monoisotopic (exact) mass is 662 g/mol. The van der Waals surface area contributed by atoms with Gasteiger partial charge in [-0.2, -0.15) is 0 Å². The second kappa shape index (κ2) is 20.9. The van der Waals surface area contributed by atoms with Gasteiger partial charge in [-0.05, 0) is 65.3 Å². The van der Waals surface area contributed by atoms with Gasteiger partial charge in [0.25, 0.3) is 0 Å². The third-order valence-corrected chi connectivity index (χ3v) is 10.4. The van der Waals surface area contributed by atoms with Crippen LogP contribution in [0.25, 0.3) is 0 Å². The van der Waals surface area contributed by atoms with Crippen molar-refractivity contribution in [3.05, 3.63) is 0 Å². The van der Waals surface area contributed by atoms with Crippen LogP contribution >= 0.6 is 0 Å². The topological polar surface area (TPSA) is 83.5 Å². The molecule has 1 fully saturated rings. The van der Waals surface area contributed by atoms with Crippen molar-refractivity contribution in [2.75, 3.05) is 6.61 Å². The lowest BCUT2D eigenvalue weighted by Crippen LogP contribution is -2.65. The third-order valence-electron chi connectivity index (χ3n) is 7.47. The summed E-state index contributed by atoms with van der Waals surface area (Å²) >= 11 is 0. The van der Waals surface area contributed by atoms with Crippen molar-refractivity contribution in [3.63, 3.8) is 0 Å². The van der Waals surface area contributed by atoms with Crippen LogP contribution in [0.15, 0.2) is 0 Å². The number of carbonyl (C=O) groups excluding carboxylic acids is 1. The van der Waals surface area contributed by atoms with Crippen LogP contribution in [0.5, 0.6) is 0 Å². The van der Waals surface area contributed by atoms with Crippen LogP contribution in [-0.2, 0) is 27.5 Å². The zero-order chi connectivity index (χ0) is 32.5. The van der Waals surface area contributed by atoms with Gasteiger partial charge in [-0.25, -0.2) is 0 Å². The third kappa shape index (κ3) is 20.6. The molecule has 10 heteroatoms. The van der Waals surface area contributed by atoms with E-state index in [4.69, 9.17) is 22.8 Å². The molecular weight excluding hydrogens is 593 g/mol. The smallest absolute Gasteiger partial charge is 0.305 e. The Balaban J connectivity index is 2.45. The second-order valence-electron chi connectivity index (χ2n) is 15.5. The van der Waals surface area contributed by atoms with Gasteiger partial charge in [-0.15, -0.1) is 0 Å². The summed E-state index contributed by atoms with van der Waals surface area (Å²) in [6.45, 7) is 21.3. The van der Waals surface area contributed by atoms with Crippen molar-refractivity contribution in [3.8, 4) is 0 Å². The SMILES string of the molecule is CCCCCCCCCCCCCCCCCC(=O)OCC1OC(O)C(O[Si](C)(C)C)C(O[Si](C)(C)C)C1O[Si](C)(C)C. The maximum absolute atomic E-state index is 12.6. The van der Waals surface area contributed by atoms with E-state index in [9.17, 15) is 9.90 Å². The fourth-order valence-electron chi connectivity index (χ4n) is 5.54. The first-order valence-corrected chi connectivity index (χ1v) is 27.8. The van der Waals surface area contributed by atoms with E-state index in [1.54, 1.807) is 0 Å². The van der Waals surface area contributed by atoms with Gasteiger partial charge >= 0.3 is 5.97 Å². The van der Waals surface area contributed by atoms with E-state index in [0.717, 1.165) is 12.8 Å². The molecule has 1 aliphatic rings. The van der Waals surface area contributed by atoms with Crippen LogP contribution in [-0.4, -0.2) is 73.3 Å². The lowest BCUT2D eigenvalue weighted by molar-refractivity contribution is -0.277. The molecule has 0 aromatic carbocycles. The number of aliphatic hydroxyl groups is 1. The summed E-state index contributed by atoms with van der Waals surface area (Å²) in [6.07, 6.45) is 16.4. The highest BCUT2D eigenvalue weighted by Crippen LogP contribution is 2.33. The Hall–Kier alpha value is -0.0794. The molecule has 1 aliphatic heterocycles. The summed E-state index contributed by atoms with van der Waals surface area (Å²) in [7, 11) is -6.10. The van der Waals surface area contributed by atoms with Gasteiger partial charge in [0.05, 0.1) is 0 Å². The van der Waals surface area contributed by atoms with Crippen LogP contribution in [0.3, 0.4) is 0 Å². The van der Waals surface area contributed by atoms with Crippen LogP contribution < -0.4 is 0 Å². The molecular formula is C33H70O7Si3. The molecule has 1 N–H and O–H groups in total. The summed E-state index contributed by atoms with van der Waals surface area (Å²) in [5.41, 5.74) is 0. The predicted octanol–water partition coefficient (Wildman–Crippen LogP) is 9.17. The van der Waals surface area contributed by atoms with Gasteiger partial charge in [0.15, 0.2) is 31.2 Å². The first kappa shape index (κ1) is 40.9. The van der Waals surface area contributed by atoms with Crippen molar-refractivity contribution in [1.82, 2.24) is 0 Å². The molecule has 43 heavy (non-hydrogen) atoms. The molecule has 5 unspecified atom stereocenters. The van der Waals surface area contributed by atoms with Crippen LogP contribution in [0.2, 0.25) is 58.9 Å². The molecule has 0 aromatic heterocycles. The maximum Gasteiger partial charge on any atom is 0.305 e. The molecule has 0 aromatic rings. The van der Waals surface area contributed by atoms with Gasteiger partial charge in [-0.1, -0.05) is 96.8 Å². The summed E-state index contributed by atoms with van der Waals surface area (Å²) in [4.78, 5) is 12.6. The van der Waals surface area contributed by atoms with E-state index in [1.165, 1.54) is 83.5 Å². The van der Waals surface area contributed by atoms with E-state index in [1.807, 2.05) is 0 Å². The van der Waals surface area contributed by atoms with E-state index in [2.05, 4.69) is 65.8 Å². The Labute approximate surface area is 268 Å². The van der Waals surface area contributed by atoms with Gasteiger partial charge in [0, 0.05) is 6.42 Å². The number of carbonyl (C=O) groups is 1. The Bertz CT molecular complexity index is 733. The largest absolute Gasteiger partial charge is 0.463 e. The predicted molar refractivity (Wildman–Crippen MR) is 186 cm³/mol. The molecule has 0 aliphatic carbocycles. The molecule has 0 bridgehead atoms.